The summed E-state index contributed by atoms with van der Waals surface area (Å²) >= 11 is 0. The second kappa shape index (κ2) is 3.12. The van der Waals surface area contributed by atoms with Gasteiger partial charge in [-0.05, 0) is 6.07 Å². The molecule has 0 saturated heterocycles. The van der Waals surface area contributed by atoms with E-state index >= 15 is 0 Å². The summed E-state index contributed by atoms with van der Waals surface area (Å²) in [5, 5.41) is 0. The molecule has 0 aliphatic heterocycles. The Hall–Kier alpha value is -1.07. The molecule has 5 heteroatoms. The molecule has 0 spiro atoms. The Balaban J connectivity index is 3.33. The van der Waals surface area contributed by atoms with Crippen LogP contribution < -0.4 is 4.74 Å². The van der Waals surface area contributed by atoms with E-state index in [2.05, 4.69) is 6.07 Å². The highest BCUT2D eigenvalue weighted by molar-refractivity contribution is 7.86. The molecule has 0 amide bonds. The van der Waals surface area contributed by atoms with Crippen molar-refractivity contribution in [1.29, 1.82) is 0 Å². The molecule has 0 unspecified atom stereocenters. The molecule has 1 aromatic carbocycles. The Kier molecular flexibility index (Phi) is 2.35. The average molecular weight is 187 g/mol. The lowest BCUT2D eigenvalue weighted by Crippen LogP contribution is -2.00. The summed E-state index contributed by atoms with van der Waals surface area (Å²) in [5.74, 6) is 0.0833. The molecule has 0 fully saturated rings. The Morgan fingerprint density at radius 3 is 2.67 bits per heavy atom. The molecule has 0 heterocycles. The van der Waals surface area contributed by atoms with Gasteiger partial charge in [0.25, 0.3) is 10.1 Å². The normalized spacial score (nSPS) is 11.2. The molecular formula is C7H7O4S. The van der Waals surface area contributed by atoms with Gasteiger partial charge in [-0.1, -0.05) is 12.1 Å². The maximum absolute atomic E-state index is 10.7. The first-order valence-corrected chi connectivity index (χ1v) is 4.52. The van der Waals surface area contributed by atoms with Crippen molar-refractivity contribution in [1.82, 2.24) is 0 Å². The van der Waals surface area contributed by atoms with Crippen molar-refractivity contribution in [3.05, 3.63) is 24.3 Å². The standard InChI is InChI=1S/C7H7O4S/c1-11-6-4-2-3-5-7(6)12(8,9)10/h2-4H,1H3,(H,8,9,10). The van der Waals surface area contributed by atoms with E-state index in [0.717, 1.165) is 0 Å². The number of hydrogen-bond donors (Lipinski definition) is 1. The fourth-order valence-electron chi connectivity index (χ4n) is 0.768. The molecular weight excluding hydrogens is 180 g/mol. The van der Waals surface area contributed by atoms with E-state index in [4.69, 9.17) is 9.29 Å². The van der Waals surface area contributed by atoms with E-state index in [9.17, 15) is 8.42 Å². The fraction of sp³-hybridized carbons (Fsp3) is 0.143. The highest BCUT2D eigenvalue weighted by atomic mass is 32.2. The van der Waals surface area contributed by atoms with Crippen molar-refractivity contribution >= 4 is 10.1 Å². The predicted molar refractivity (Wildman–Crippen MR) is 41.6 cm³/mol. The van der Waals surface area contributed by atoms with Crippen LogP contribution in [0.3, 0.4) is 0 Å². The Bertz CT molecular complexity index is 369. The summed E-state index contributed by atoms with van der Waals surface area (Å²) in [4.78, 5) is -0.340. The summed E-state index contributed by atoms with van der Waals surface area (Å²) in [5.41, 5.74) is 0. The van der Waals surface area contributed by atoms with Crippen LogP contribution >= 0.6 is 0 Å². The highest BCUT2D eigenvalue weighted by Gasteiger charge is 2.14. The Labute approximate surface area is 70.5 Å². The lowest BCUT2D eigenvalue weighted by molar-refractivity contribution is 0.397. The zero-order chi connectivity index (χ0) is 9.19. The molecule has 0 atom stereocenters. The molecule has 0 aliphatic rings. The highest BCUT2D eigenvalue weighted by Crippen LogP contribution is 2.21. The first-order valence-electron chi connectivity index (χ1n) is 3.08. The van der Waals surface area contributed by atoms with Crippen LogP contribution in [0.1, 0.15) is 0 Å². The number of benzene rings is 1. The van der Waals surface area contributed by atoms with Gasteiger partial charge in [0.1, 0.15) is 10.6 Å². The number of hydrogen-bond acceptors (Lipinski definition) is 3. The fourth-order valence-corrected chi connectivity index (χ4v) is 1.39. The van der Waals surface area contributed by atoms with Crippen LogP contribution in [0.15, 0.2) is 23.1 Å². The number of methoxy groups -OCH3 is 1. The van der Waals surface area contributed by atoms with Crippen LogP contribution in [0.25, 0.3) is 0 Å². The van der Waals surface area contributed by atoms with E-state index in [1.165, 1.54) is 19.2 Å². The molecule has 1 rings (SSSR count). The quantitative estimate of drug-likeness (QED) is 0.693. The van der Waals surface area contributed by atoms with Crippen molar-refractivity contribution in [3.63, 3.8) is 0 Å². The molecule has 1 N–H and O–H groups in total. The Morgan fingerprint density at radius 1 is 1.58 bits per heavy atom. The SMILES string of the molecule is COc1ccc[c]c1S(=O)(=O)O. The van der Waals surface area contributed by atoms with Crippen molar-refractivity contribution in [3.8, 4) is 5.75 Å². The molecule has 65 valence electrons. The van der Waals surface area contributed by atoms with Gasteiger partial charge in [0.05, 0.1) is 7.11 Å². The van der Waals surface area contributed by atoms with Gasteiger partial charge < -0.3 is 4.74 Å². The Morgan fingerprint density at radius 2 is 2.25 bits per heavy atom. The maximum Gasteiger partial charge on any atom is 0.298 e. The van der Waals surface area contributed by atoms with E-state index in [1.807, 2.05) is 0 Å². The minimum Gasteiger partial charge on any atom is -0.495 e. The summed E-state index contributed by atoms with van der Waals surface area (Å²) in [6, 6.07) is 6.74. The van der Waals surface area contributed by atoms with Crippen molar-refractivity contribution in [2.24, 2.45) is 0 Å². The second-order valence-electron chi connectivity index (χ2n) is 2.04. The smallest absolute Gasteiger partial charge is 0.298 e. The molecule has 0 aromatic heterocycles. The number of rotatable bonds is 2. The van der Waals surface area contributed by atoms with Gasteiger partial charge in [0.15, 0.2) is 0 Å². The summed E-state index contributed by atoms with van der Waals surface area (Å²) in [7, 11) is -2.91. The van der Waals surface area contributed by atoms with E-state index in [0.29, 0.717) is 0 Å². The predicted octanol–water partition coefficient (Wildman–Crippen LogP) is 0.742. The van der Waals surface area contributed by atoms with Gasteiger partial charge in [0, 0.05) is 6.07 Å². The topological polar surface area (TPSA) is 63.6 Å². The first-order chi connectivity index (χ1) is 5.55. The summed E-state index contributed by atoms with van der Waals surface area (Å²) in [6.07, 6.45) is 0. The number of ether oxygens (including phenoxy) is 1. The molecule has 1 aromatic rings. The van der Waals surface area contributed by atoms with Crippen LogP contribution in [-0.2, 0) is 10.1 Å². The van der Waals surface area contributed by atoms with E-state index in [1.54, 1.807) is 6.07 Å². The van der Waals surface area contributed by atoms with Crippen LogP contribution in [0.2, 0.25) is 0 Å². The van der Waals surface area contributed by atoms with E-state index < -0.39 is 10.1 Å². The molecule has 12 heavy (non-hydrogen) atoms. The average Bonchev–Trinajstić information content (AvgIpc) is 2.03. The van der Waals surface area contributed by atoms with Gasteiger partial charge in [-0.2, -0.15) is 8.42 Å². The third kappa shape index (κ3) is 1.75. The van der Waals surface area contributed by atoms with Crippen molar-refractivity contribution < 1.29 is 17.7 Å². The maximum atomic E-state index is 10.7. The molecule has 1 radical (unpaired) electrons. The molecule has 0 aliphatic carbocycles. The van der Waals surface area contributed by atoms with Gasteiger partial charge in [0.2, 0.25) is 0 Å². The third-order valence-electron chi connectivity index (χ3n) is 1.26. The zero-order valence-electron chi connectivity index (χ0n) is 6.31. The van der Waals surface area contributed by atoms with Crippen molar-refractivity contribution in [2.45, 2.75) is 4.90 Å². The third-order valence-corrected chi connectivity index (χ3v) is 2.09. The van der Waals surface area contributed by atoms with Gasteiger partial charge in [-0.15, -0.1) is 0 Å². The van der Waals surface area contributed by atoms with E-state index in [-0.39, 0.29) is 10.6 Å². The lowest BCUT2D eigenvalue weighted by Gasteiger charge is -2.03. The van der Waals surface area contributed by atoms with Crippen LogP contribution in [0.5, 0.6) is 5.75 Å². The van der Waals surface area contributed by atoms with Gasteiger partial charge in [-0.3, -0.25) is 4.55 Å². The molecule has 0 bridgehead atoms. The summed E-state index contributed by atoms with van der Waals surface area (Å²) in [6.45, 7) is 0. The van der Waals surface area contributed by atoms with Crippen LogP contribution in [-0.4, -0.2) is 20.1 Å². The van der Waals surface area contributed by atoms with Crippen molar-refractivity contribution in [2.75, 3.05) is 7.11 Å². The molecule has 0 saturated carbocycles. The molecule has 4 nitrogen and oxygen atoms in total. The monoisotopic (exact) mass is 187 g/mol. The zero-order valence-corrected chi connectivity index (χ0v) is 7.13. The van der Waals surface area contributed by atoms with Gasteiger partial charge in [-0.25, -0.2) is 0 Å². The van der Waals surface area contributed by atoms with Gasteiger partial charge >= 0.3 is 0 Å². The first kappa shape index (κ1) is 9.02. The summed E-state index contributed by atoms with van der Waals surface area (Å²) < 4.78 is 34.7. The van der Waals surface area contributed by atoms with Crippen LogP contribution in [0.4, 0.5) is 0 Å². The minimum atomic E-state index is -4.23. The second-order valence-corrected chi connectivity index (χ2v) is 3.40. The largest absolute Gasteiger partial charge is 0.495 e. The minimum absolute atomic E-state index is 0.0833. The lowest BCUT2D eigenvalue weighted by atomic mass is 10.3. The van der Waals surface area contributed by atoms with Crippen LogP contribution in [0, 0.1) is 6.07 Å².